The molecule has 0 atom stereocenters. The summed E-state index contributed by atoms with van der Waals surface area (Å²) in [5.74, 6) is 0. The van der Waals surface area contributed by atoms with Crippen molar-refractivity contribution >= 4 is 27.3 Å². The summed E-state index contributed by atoms with van der Waals surface area (Å²) in [6.07, 6.45) is 1.87. The van der Waals surface area contributed by atoms with Gasteiger partial charge in [-0.15, -0.1) is 11.3 Å². The molecule has 74 valence electrons. The van der Waals surface area contributed by atoms with Crippen LogP contribution in [0, 0.1) is 0 Å². The Hall–Kier alpha value is -0.650. The molecule has 3 nitrogen and oxygen atoms in total. The zero-order valence-electron chi connectivity index (χ0n) is 7.67. The fourth-order valence-corrected chi connectivity index (χ4v) is 2.72. The fourth-order valence-electron chi connectivity index (χ4n) is 1.30. The van der Waals surface area contributed by atoms with Gasteiger partial charge in [0.25, 0.3) is 0 Å². The van der Waals surface area contributed by atoms with Gasteiger partial charge in [-0.1, -0.05) is 0 Å². The Kier molecular flexibility index (Phi) is 3.00. The molecule has 0 fully saturated rings. The van der Waals surface area contributed by atoms with E-state index in [9.17, 15) is 0 Å². The fraction of sp³-hybridized carbons (Fsp3) is 0.222. The lowest BCUT2D eigenvalue weighted by molar-refractivity contribution is 0.785. The van der Waals surface area contributed by atoms with Crippen LogP contribution in [0.5, 0.6) is 0 Å². The number of nitrogens with one attached hydrogen (secondary N) is 2. The van der Waals surface area contributed by atoms with E-state index in [1.807, 2.05) is 13.2 Å². The van der Waals surface area contributed by atoms with E-state index in [0.29, 0.717) is 0 Å². The Morgan fingerprint density at radius 2 is 2.43 bits per heavy atom. The van der Waals surface area contributed by atoms with E-state index in [-0.39, 0.29) is 0 Å². The molecule has 0 aromatic carbocycles. The van der Waals surface area contributed by atoms with E-state index in [4.69, 9.17) is 0 Å². The van der Waals surface area contributed by atoms with Crippen LogP contribution in [0.4, 0.5) is 0 Å². The summed E-state index contributed by atoms with van der Waals surface area (Å²) in [6, 6.07) is 4.15. The zero-order chi connectivity index (χ0) is 9.97. The van der Waals surface area contributed by atoms with Gasteiger partial charge in [-0.25, -0.2) is 0 Å². The molecule has 0 aliphatic rings. The summed E-state index contributed by atoms with van der Waals surface area (Å²) in [4.78, 5) is 1.23. The lowest BCUT2D eigenvalue weighted by atomic mass is 10.2. The number of halogens is 1. The minimum atomic E-state index is 0.810. The average Bonchev–Trinajstić information content (AvgIpc) is 2.74. The second kappa shape index (κ2) is 4.25. The topological polar surface area (TPSA) is 40.7 Å². The van der Waals surface area contributed by atoms with E-state index in [2.05, 4.69) is 43.6 Å². The zero-order valence-corrected chi connectivity index (χ0v) is 10.1. The van der Waals surface area contributed by atoms with Crippen LogP contribution in [-0.4, -0.2) is 17.2 Å². The highest BCUT2D eigenvalue weighted by Crippen LogP contribution is 2.32. The molecule has 14 heavy (non-hydrogen) atoms. The van der Waals surface area contributed by atoms with Crippen molar-refractivity contribution in [3.8, 4) is 10.4 Å². The molecular formula is C9H10BrN3S. The van der Waals surface area contributed by atoms with Crippen LogP contribution in [0.25, 0.3) is 10.4 Å². The smallest absolute Gasteiger partial charge is 0.0705 e. The number of hydrogen-bond acceptors (Lipinski definition) is 3. The molecule has 2 heterocycles. The average molecular weight is 272 g/mol. The molecule has 0 unspecified atom stereocenters. The van der Waals surface area contributed by atoms with Gasteiger partial charge >= 0.3 is 0 Å². The molecule has 2 rings (SSSR count). The van der Waals surface area contributed by atoms with Crippen LogP contribution in [-0.2, 0) is 6.54 Å². The highest BCUT2D eigenvalue weighted by Gasteiger charge is 2.08. The molecule has 0 aliphatic carbocycles. The molecule has 2 aromatic heterocycles. The number of rotatable bonds is 3. The molecule has 5 heteroatoms. The molecule has 0 radical (unpaired) electrons. The Balaban J connectivity index is 2.36. The van der Waals surface area contributed by atoms with E-state index < -0.39 is 0 Å². The van der Waals surface area contributed by atoms with Crippen LogP contribution in [0.15, 0.2) is 22.1 Å². The first-order valence-corrected chi connectivity index (χ1v) is 5.84. The van der Waals surface area contributed by atoms with Crippen LogP contribution in [0.1, 0.15) is 5.69 Å². The normalized spacial score (nSPS) is 10.7. The van der Waals surface area contributed by atoms with Gasteiger partial charge in [0.15, 0.2) is 0 Å². The van der Waals surface area contributed by atoms with Crippen molar-refractivity contribution in [2.75, 3.05) is 7.05 Å². The lowest BCUT2D eigenvalue weighted by Gasteiger charge is -1.98. The maximum absolute atomic E-state index is 4.05. The second-order valence-corrected chi connectivity index (χ2v) is 5.36. The first-order valence-electron chi connectivity index (χ1n) is 4.24. The Bertz CT molecular complexity index is 421. The minimum absolute atomic E-state index is 0.810. The van der Waals surface area contributed by atoms with Gasteiger partial charge in [-0.2, -0.15) is 5.10 Å². The summed E-state index contributed by atoms with van der Waals surface area (Å²) < 4.78 is 1.14. The molecule has 0 spiro atoms. The molecule has 0 saturated heterocycles. The third kappa shape index (κ3) is 1.89. The number of thiophene rings is 1. The Morgan fingerprint density at radius 1 is 1.57 bits per heavy atom. The molecule has 2 N–H and O–H groups in total. The van der Waals surface area contributed by atoms with Crippen molar-refractivity contribution in [2.45, 2.75) is 6.54 Å². The number of H-pyrrole nitrogens is 1. The highest BCUT2D eigenvalue weighted by atomic mass is 79.9. The Morgan fingerprint density at radius 3 is 3.07 bits per heavy atom. The molecule has 0 aliphatic heterocycles. The van der Waals surface area contributed by atoms with Gasteiger partial charge < -0.3 is 5.32 Å². The van der Waals surface area contributed by atoms with Gasteiger partial charge in [0.2, 0.25) is 0 Å². The molecular weight excluding hydrogens is 262 g/mol. The SMILES string of the molecule is CNCc1[nH]ncc1-c1ccc(Br)s1. The van der Waals surface area contributed by atoms with Gasteiger partial charge in [0.1, 0.15) is 0 Å². The third-order valence-corrected chi connectivity index (χ3v) is 3.57. The largest absolute Gasteiger partial charge is 0.314 e. The maximum Gasteiger partial charge on any atom is 0.0705 e. The highest BCUT2D eigenvalue weighted by molar-refractivity contribution is 9.11. The van der Waals surface area contributed by atoms with Crippen molar-refractivity contribution in [3.63, 3.8) is 0 Å². The number of hydrogen-bond donors (Lipinski definition) is 2. The van der Waals surface area contributed by atoms with E-state index in [0.717, 1.165) is 16.0 Å². The standard InChI is InChI=1S/C9H10BrN3S/c1-11-5-7-6(4-12-13-7)8-2-3-9(10)14-8/h2-4,11H,5H2,1H3,(H,12,13). The van der Waals surface area contributed by atoms with Crippen molar-refractivity contribution in [2.24, 2.45) is 0 Å². The minimum Gasteiger partial charge on any atom is -0.314 e. The molecule has 0 bridgehead atoms. The number of nitrogens with zero attached hydrogens (tertiary/aromatic N) is 1. The van der Waals surface area contributed by atoms with Crippen LogP contribution in [0.2, 0.25) is 0 Å². The van der Waals surface area contributed by atoms with Crippen molar-refractivity contribution in [3.05, 3.63) is 27.8 Å². The van der Waals surface area contributed by atoms with Crippen molar-refractivity contribution < 1.29 is 0 Å². The van der Waals surface area contributed by atoms with E-state index in [1.54, 1.807) is 11.3 Å². The first-order chi connectivity index (χ1) is 6.81. The second-order valence-electron chi connectivity index (χ2n) is 2.90. The van der Waals surface area contributed by atoms with Gasteiger partial charge in [0.05, 0.1) is 15.7 Å². The van der Waals surface area contributed by atoms with E-state index in [1.165, 1.54) is 10.4 Å². The summed E-state index contributed by atoms with van der Waals surface area (Å²) in [5, 5.41) is 10.2. The van der Waals surface area contributed by atoms with Crippen molar-refractivity contribution in [1.29, 1.82) is 0 Å². The van der Waals surface area contributed by atoms with Gasteiger partial charge in [0, 0.05) is 17.0 Å². The van der Waals surface area contributed by atoms with Crippen LogP contribution < -0.4 is 5.32 Å². The van der Waals surface area contributed by atoms with Crippen molar-refractivity contribution in [1.82, 2.24) is 15.5 Å². The predicted octanol–water partition coefficient (Wildman–Crippen LogP) is 2.62. The van der Waals surface area contributed by atoms with E-state index >= 15 is 0 Å². The third-order valence-electron chi connectivity index (χ3n) is 1.91. The van der Waals surface area contributed by atoms with Crippen LogP contribution >= 0.6 is 27.3 Å². The van der Waals surface area contributed by atoms with Crippen LogP contribution in [0.3, 0.4) is 0 Å². The predicted molar refractivity (Wildman–Crippen MR) is 62.4 cm³/mol. The monoisotopic (exact) mass is 271 g/mol. The molecule has 0 amide bonds. The first kappa shape index (κ1) is 9.89. The van der Waals surface area contributed by atoms with Gasteiger partial charge in [-0.3, -0.25) is 5.10 Å². The van der Waals surface area contributed by atoms with Gasteiger partial charge in [-0.05, 0) is 35.1 Å². The number of aromatic amines is 1. The molecule has 0 saturated carbocycles. The summed E-state index contributed by atoms with van der Waals surface area (Å²) in [6.45, 7) is 0.810. The molecule has 2 aromatic rings. The quantitative estimate of drug-likeness (QED) is 0.901. The Labute approximate surface area is 94.7 Å². The number of aromatic nitrogens is 2. The summed E-state index contributed by atoms with van der Waals surface area (Å²) >= 11 is 5.17. The lowest BCUT2D eigenvalue weighted by Crippen LogP contribution is -2.06. The summed E-state index contributed by atoms with van der Waals surface area (Å²) in [7, 11) is 1.93. The summed E-state index contributed by atoms with van der Waals surface area (Å²) in [5.41, 5.74) is 2.30. The maximum atomic E-state index is 4.05.